The third kappa shape index (κ3) is 6.87. The number of aromatic amines is 1. The van der Waals surface area contributed by atoms with Crippen LogP contribution in [0.2, 0.25) is 0 Å². The van der Waals surface area contributed by atoms with Gasteiger partial charge in [0.15, 0.2) is 0 Å². The van der Waals surface area contributed by atoms with E-state index in [0.29, 0.717) is 19.6 Å². The highest BCUT2D eigenvalue weighted by atomic mass is 16.2. The van der Waals surface area contributed by atoms with Crippen molar-refractivity contribution < 1.29 is 9.59 Å². The maximum Gasteiger partial charge on any atom is 0.318 e. The van der Waals surface area contributed by atoms with E-state index in [1.165, 1.54) is 16.5 Å². The minimum absolute atomic E-state index is 0.0512. The van der Waals surface area contributed by atoms with Crippen molar-refractivity contribution in [1.29, 1.82) is 0 Å². The lowest BCUT2D eigenvalue weighted by Gasteiger charge is -2.30. The molecule has 6 heteroatoms. The largest absolute Gasteiger partial charge is 0.361 e. The number of fused-ring (bicyclic) bond motifs is 1. The Bertz CT molecular complexity index is 1130. The Morgan fingerprint density at radius 2 is 1.71 bits per heavy atom. The second kappa shape index (κ2) is 11.4. The quantitative estimate of drug-likeness (QED) is 0.430. The second-order valence-corrected chi connectivity index (χ2v) is 10.4. The van der Waals surface area contributed by atoms with Crippen LogP contribution < -0.4 is 5.32 Å². The van der Waals surface area contributed by atoms with Gasteiger partial charge in [-0.05, 0) is 55.4 Å². The Balaban J connectivity index is 1.81. The molecule has 0 saturated heterocycles. The first-order valence-corrected chi connectivity index (χ1v) is 12.6. The molecular formula is C29H40N4O2. The summed E-state index contributed by atoms with van der Waals surface area (Å²) in [6, 6.07) is 16.4. The molecule has 1 heterocycles. The maximum atomic E-state index is 13.5. The third-order valence-electron chi connectivity index (χ3n) is 6.39. The minimum Gasteiger partial charge on any atom is -0.361 e. The van der Waals surface area contributed by atoms with E-state index in [-0.39, 0.29) is 29.9 Å². The highest BCUT2D eigenvalue weighted by Crippen LogP contribution is 2.23. The van der Waals surface area contributed by atoms with Crippen molar-refractivity contribution in [3.63, 3.8) is 0 Å². The molecule has 0 atom stereocenters. The van der Waals surface area contributed by atoms with Crippen molar-refractivity contribution >= 4 is 22.8 Å². The number of H-pyrrole nitrogens is 1. The molecule has 0 saturated carbocycles. The molecular weight excluding hydrogens is 436 g/mol. The fourth-order valence-electron chi connectivity index (χ4n) is 4.20. The average molecular weight is 477 g/mol. The van der Waals surface area contributed by atoms with Gasteiger partial charge in [-0.3, -0.25) is 4.79 Å². The number of carbonyl (C=O) groups excluding carboxylic acids is 2. The SMILES string of the molecule is CCNC(=O)N(CC(=O)N(CCc1c[nH]c2ccccc12)Cc1ccc(C(C)(C)C)cc1)C(C)C. The molecule has 0 aliphatic rings. The van der Waals surface area contributed by atoms with Crippen LogP contribution in [-0.4, -0.2) is 52.4 Å². The van der Waals surface area contributed by atoms with E-state index in [4.69, 9.17) is 0 Å². The summed E-state index contributed by atoms with van der Waals surface area (Å²) in [6.45, 7) is 14.0. The van der Waals surface area contributed by atoms with Crippen molar-refractivity contribution in [2.75, 3.05) is 19.6 Å². The molecule has 2 N–H and O–H groups in total. The summed E-state index contributed by atoms with van der Waals surface area (Å²) >= 11 is 0. The first-order valence-electron chi connectivity index (χ1n) is 12.6. The zero-order valence-electron chi connectivity index (χ0n) is 22.0. The van der Waals surface area contributed by atoms with Crippen LogP contribution in [0.15, 0.2) is 54.7 Å². The number of nitrogens with one attached hydrogen (secondary N) is 2. The maximum absolute atomic E-state index is 13.5. The Labute approximate surface area is 209 Å². The van der Waals surface area contributed by atoms with E-state index in [0.717, 1.165) is 17.5 Å². The van der Waals surface area contributed by atoms with Crippen LogP contribution >= 0.6 is 0 Å². The van der Waals surface area contributed by atoms with Crippen molar-refractivity contribution in [1.82, 2.24) is 20.1 Å². The average Bonchev–Trinajstić information content (AvgIpc) is 3.22. The predicted octanol–water partition coefficient (Wildman–Crippen LogP) is 5.48. The van der Waals surface area contributed by atoms with E-state index in [1.54, 1.807) is 4.90 Å². The summed E-state index contributed by atoms with van der Waals surface area (Å²) < 4.78 is 0. The van der Waals surface area contributed by atoms with Gasteiger partial charge < -0.3 is 20.1 Å². The van der Waals surface area contributed by atoms with Crippen LogP contribution in [0.25, 0.3) is 10.9 Å². The molecule has 188 valence electrons. The van der Waals surface area contributed by atoms with Gasteiger partial charge in [-0.15, -0.1) is 0 Å². The van der Waals surface area contributed by atoms with Crippen molar-refractivity contribution in [2.45, 2.75) is 66.0 Å². The Kier molecular flexibility index (Phi) is 8.60. The number of nitrogens with zero attached hydrogens (tertiary/aromatic N) is 2. The van der Waals surface area contributed by atoms with Gasteiger partial charge in [0.25, 0.3) is 0 Å². The molecule has 0 fully saturated rings. The normalized spacial score (nSPS) is 11.6. The van der Waals surface area contributed by atoms with E-state index >= 15 is 0 Å². The lowest BCUT2D eigenvalue weighted by Crippen LogP contribution is -2.49. The molecule has 0 unspecified atom stereocenters. The van der Waals surface area contributed by atoms with Gasteiger partial charge in [0.05, 0.1) is 0 Å². The Morgan fingerprint density at radius 3 is 2.34 bits per heavy atom. The summed E-state index contributed by atoms with van der Waals surface area (Å²) in [5, 5.41) is 4.01. The smallest absolute Gasteiger partial charge is 0.318 e. The second-order valence-electron chi connectivity index (χ2n) is 10.4. The molecule has 6 nitrogen and oxygen atoms in total. The highest BCUT2D eigenvalue weighted by Gasteiger charge is 2.24. The van der Waals surface area contributed by atoms with Crippen molar-refractivity contribution in [3.8, 4) is 0 Å². The molecule has 0 spiro atoms. The fourth-order valence-corrected chi connectivity index (χ4v) is 4.20. The minimum atomic E-state index is -0.207. The number of carbonyl (C=O) groups is 2. The van der Waals surface area contributed by atoms with Gasteiger partial charge in [-0.1, -0.05) is 63.2 Å². The fraction of sp³-hybridized carbons (Fsp3) is 0.448. The molecule has 0 aliphatic heterocycles. The summed E-state index contributed by atoms with van der Waals surface area (Å²) in [7, 11) is 0. The molecule has 0 radical (unpaired) electrons. The summed E-state index contributed by atoms with van der Waals surface area (Å²) in [5.74, 6) is -0.0512. The van der Waals surface area contributed by atoms with Gasteiger partial charge in [0.1, 0.15) is 6.54 Å². The van der Waals surface area contributed by atoms with Crippen LogP contribution in [-0.2, 0) is 23.2 Å². The van der Waals surface area contributed by atoms with Gasteiger partial charge in [0, 0.05) is 42.8 Å². The number of hydrogen-bond donors (Lipinski definition) is 2. The van der Waals surface area contributed by atoms with Gasteiger partial charge >= 0.3 is 6.03 Å². The lowest BCUT2D eigenvalue weighted by atomic mass is 9.87. The molecule has 3 aromatic rings. The number of urea groups is 1. The number of rotatable bonds is 9. The topological polar surface area (TPSA) is 68.4 Å². The molecule has 0 aliphatic carbocycles. The highest BCUT2D eigenvalue weighted by molar-refractivity contribution is 5.85. The van der Waals surface area contributed by atoms with Crippen LogP contribution in [0.4, 0.5) is 4.79 Å². The molecule has 2 aromatic carbocycles. The number of para-hydroxylation sites is 1. The van der Waals surface area contributed by atoms with Crippen molar-refractivity contribution in [2.24, 2.45) is 0 Å². The van der Waals surface area contributed by atoms with Gasteiger partial charge in [-0.2, -0.15) is 0 Å². The number of aromatic nitrogens is 1. The van der Waals surface area contributed by atoms with Gasteiger partial charge in [0.2, 0.25) is 5.91 Å². The standard InChI is InChI=1S/C29H40N4O2/c1-7-30-28(35)33(21(2)3)20-27(34)32(19-22-12-14-24(15-13-22)29(4,5)6)17-16-23-18-31-26-11-9-8-10-25(23)26/h8-15,18,21,31H,7,16-17,19-20H2,1-6H3,(H,30,35). The van der Waals surface area contributed by atoms with Crippen LogP contribution in [0.5, 0.6) is 0 Å². The Morgan fingerprint density at radius 1 is 1.03 bits per heavy atom. The number of benzene rings is 2. The van der Waals surface area contributed by atoms with Crippen molar-refractivity contribution in [3.05, 3.63) is 71.4 Å². The van der Waals surface area contributed by atoms with E-state index in [9.17, 15) is 9.59 Å². The van der Waals surface area contributed by atoms with Crippen LogP contribution in [0, 0.1) is 0 Å². The van der Waals surface area contributed by atoms with E-state index in [1.807, 2.05) is 44.0 Å². The summed E-state index contributed by atoms with van der Waals surface area (Å²) in [4.78, 5) is 32.9. The zero-order chi connectivity index (χ0) is 25.6. The monoisotopic (exact) mass is 476 g/mol. The first kappa shape index (κ1) is 26.3. The molecule has 3 rings (SSSR count). The molecule has 3 amide bonds. The summed E-state index contributed by atoms with van der Waals surface area (Å²) in [6.07, 6.45) is 2.76. The van der Waals surface area contributed by atoms with Gasteiger partial charge in [-0.25, -0.2) is 4.79 Å². The van der Waals surface area contributed by atoms with Crippen LogP contribution in [0.1, 0.15) is 58.2 Å². The molecule has 35 heavy (non-hydrogen) atoms. The molecule has 1 aromatic heterocycles. The number of hydrogen-bond acceptors (Lipinski definition) is 2. The summed E-state index contributed by atoms with van der Waals surface area (Å²) in [5.41, 5.74) is 4.71. The van der Waals surface area contributed by atoms with E-state index < -0.39 is 0 Å². The Hall–Kier alpha value is -3.28. The molecule has 0 bridgehead atoms. The zero-order valence-corrected chi connectivity index (χ0v) is 22.0. The number of amides is 3. The third-order valence-corrected chi connectivity index (χ3v) is 6.39. The van der Waals surface area contributed by atoms with E-state index in [2.05, 4.69) is 67.5 Å². The first-order chi connectivity index (χ1) is 16.6. The lowest BCUT2D eigenvalue weighted by molar-refractivity contribution is -0.132. The predicted molar refractivity (Wildman–Crippen MR) is 143 cm³/mol. The van der Waals surface area contributed by atoms with Crippen LogP contribution in [0.3, 0.4) is 0 Å².